The summed E-state index contributed by atoms with van der Waals surface area (Å²) in [5, 5.41) is 0. The van der Waals surface area contributed by atoms with Gasteiger partial charge in [-0.25, -0.2) is 4.98 Å². The van der Waals surface area contributed by atoms with Gasteiger partial charge in [-0.05, 0) is 45.7 Å². The first-order valence-corrected chi connectivity index (χ1v) is 8.04. The van der Waals surface area contributed by atoms with E-state index < -0.39 is 0 Å². The summed E-state index contributed by atoms with van der Waals surface area (Å²) in [6.07, 6.45) is 3.93. The molecule has 114 valence electrons. The monoisotopic (exact) mass is 287 g/mol. The van der Waals surface area contributed by atoms with Gasteiger partial charge in [-0.3, -0.25) is 4.90 Å². The molecule has 0 radical (unpaired) electrons. The summed E-state index contributed by atoms with van der Waals surface area (Å²) in [7, 11) is 0. The van der Waals surface area contributed by atoms with E-state index in [-0.39, 0.29) is 0 Å². The van der Waals surface area contributed by atoms with Gasteiger partial charge in [-0.2, -0.15) is 0 Å². The number of H-pyrrole nitrogens is 1. The fraction of sp³-hybridized carbons (Fsp3) is 0.588. The quantitative estimate of drug-likeness (QED) is 0.931. The summed E-state index contributed by atoms with van der Waals surface area (Å²) < 4.78 is 5.55. The molecule has 2 aromatic rings. The maximum Gasteiger partial charge on any atom is 0.121 e. The number of ether oxygens (including phenoxy) is 1. The van der Waals surface area contributed by atoms with E-state index in [9.17, 15) is 0 Å². The third-order valence-electron chi connectivity index (χ3n) is 4.52. The van der Waals surface area contributed by atoms with Crippen LogP contribution in [0.25, 0.3) is 11.0 Å². The van der Waals surface area contributed by atoms with Gasteiger partial charge in [0.25, 0.3) is 0 Å². The lowest BCUT2D eigenvalue weighted by Gasteiger charge is -2.38. The molecule has 21 heavy (non-hydrogen) atoms. The van der Waals surface area contributed by atoms with Crippen LogP contribution in [-0.4, -0.2) is 33.6 Å². The number of hydrogen-bond acceptors (Lipinski definition) is 3. The van der Waals surface area contributed by atoms with Crippen molar-refractivity contribution in [2.24, 2.45) is 0 Å². The lowest BCUT2D eigenvalue weighted by molar-refractivity contribution is 0.0926. The SMILES string of the molecule is CCOc1ccc2nc(CN3C(C)CCCC3C)[nH]c2c1. The van der Waals surface area contributed by atoms with Crippen LogP contribution in [0, 0.1) is 0 Å². The highest BCUT2D eigenvalue weighted by Gasteiger charge is 2.25. The van der Waals surface area contributed by atoms with E-state index in [0.717, 1.165) is 29.2 Å². The number of piperidine rings is 1. The van der Waals surface area contributed by atoms with Gasteiger partial charge in [0.1, 0.15) is 11.6 Å². The fourth-order valence-electron chi connectivity index (χ4n) is 3.33. The Morgan fingerprint density at radius 2 is 2.05 bits per heavy atom. The number of aromatic nitrogens is 2. The number of hydrogen-bond donors (Lipinski definition) is 1. The Bertz CT molecular complexity index is 597. The van der Waals surface area contributed by atoms with E-state index in [0.29, 0.717) is 18.7 Å². The van der Waals surface area contributed by atoms with Crippen molar-refractivity contribution in [3.05, 3.63) is 24.0 Å². The number of likely N-dealkylation sites (tertiary alicyclic amines) is 1. The van der Waals surface area contributed by atoms with Crippen LogP contribution in [0.2, 0.25) is 0 Å². The fourth-order valence-corrected chi connectivity index (χ4v) is 3.33. The first kappa shape index (κ1) is 14.4. The van der Waals surface area contributed by atoms with E-state index in [2.05, 4.69) is 23.7 Å². The van der Waals surface area contributed by atoms with Crippen LogP contribution in [0.4, 0.5) is 0 Å². The molecule has 1 fully saturated rings. The molecular formula is C17H25N3O. The zero-order chi connectivity index (χ0) is 14.8. The number of nitrogens with zero attached hydrogens (tertiary/aromatic N) is 2. The molecule has 4 heteroatoms. The van der Waals surface area contributed by atoms with E-state index in [1.54, 1.807) is 0 Å². The van der Waals surface area contributed by atoms with Crippen molar-refractivity contribution >= 4 is 11.0 Å². The van der Waals surface area contributed by atoms with Gasteiger partial charge in [0.05, 0.1) is 24.2 Å². The number of imidazole rings is 1. The minimum atomic E-state index is 0.640. The van der Waals surface area contributed by atoms with Crippen LogP contribution in [0.15, 0.2) is 18.2 Å². The van der Waals surface area contributed by atoms with Crippen molar-refractivity contribution in [2.45, 2.75) is 58.7 Å². The molecule has 4 nitrogen and oxygen atoms in total. The van der Waals surface area contributed by atoms with Gasteiger partial charge in [-0.15, -0.1) is 0 Å². The largest absolute Gasteiger partial charge is 0.494 e. The van der Waals surface area contributed by atoms with Crippen molar-refractivity contribution in [1.82, 2.24) is 14.9 Å². The minimum absolute atomic E-state index is 0.640. The number of benzene rings is 1. The summed E-state index contributed by atoms with van der Waals surface area (Å²) in [5.41, 5.74) is 2.08. The Labute approximate surface area is 126 Å². The van der Waals surface area contributed by atoms with Crippen molar-refractivity contribution in [3.63, 3.8) is 0 Å². The molecule has 1 aromatic carbocycles. The average Bonchev–Trinajstić information content (AvgIpc) is 2.85. The van der Waals surface area contributed by atoms with Gasteiger partial charge in [0.2, 0.25) is 0 Å². The standard InChI is InChI=1S/C17H25N3O/c1-4-21-14-8-9-15-16(10-14)19-17(18-15)11-20-12(2)6-5-7-13(20)3/h8-10,12-13H,4-7,11H2,1-3H3,(H,18,19). The molecule has 0 saturated carbocycles. The Hall–Kier alpha value is -1.55. The second kappa shape index (κ2) is 6.06. The number of rotatable bonds is 4. The first-order valence-electron chi connectivity index (χ1n) is 8.04. The minimum Gasteiger partial charge on any atom is -0.494 e. The molecule has 0 aliphatic carbocycles. The van der Waals surface area contributed by atoms with Crippen LogP contribution in [0.1, 0.15) is 45.9 Å². The van der Waals surface area contributed by atoms with Crippen LogP contribution in [0.5, 0.6) is 5.75 Å². The third-order valence-corrected chi connectivity index (χ3v) is 4.52. The third kappa shape index (κ3) is 3.05. The zero-order valence-corrected chi connectivity index (χ0v) is 13.2. The predicted molar refractivity (Wildman–Crippen MR) is 85.6 cm³/mol. The number of fused-ring (bicyclic) bond motifs is 1. The molecule has 1 aliphatic heterocycles. The molecule has 2 unspecified atom stereocenters. The van der Waals surface area contributed by atoms with Gasteiger partial charge in [0.15, 0.2) is 0 Å². The van der Waals surface area contributed by atoms with Crippen molar-refractivity contribution < 1.29 is 4.74 Å². The zero-order valence-electron chi connectivity index (χ0n) is 13.2. The highest BCUT2D eigenvalue weighted by Crippen LogP contribution is 2.25. The molecule has 2 heterocycles. The van der Waals surface area contributed by atoms with Crippen LogP contribution in [-0.2, 0) is 6.54 Å². The van der Waals surface area contributed by atoms with Gasteiger partial charge in [0, 0.05) is 18.2 Å². The van der Waals surface area contributed by atoms with E-state index in [1.165, 1.54) is 19.3 Å². The molecule has 1 N–H and O–H groups in total. The molecule has 3 rings (SSSR count). The van der Waals surface area contributed by atoms with Crippen LogP contribution >= 0.6 is 0 Å². The first-order chi connectivity index (χ1) is 10.2. The lowest BCUT2D eigenvalue weighted by atomic mass is 9.98. The highest BCUT2D eigenvalue weighted by atomic mass is 16.5. The topological polar surface area (TPSA) is 41.1 Å². The average molecular weight is 287 g/mol. The second-order valence-corrected chi connectivity index (χ2v) is 6.10. The van der Waals surface area contributed by atoms with Crippen molar-refractivity contribution in [3.8, 4) is 5.75 Å². The summed E-state index contributed by atoms with van der Waals surface area (Å²) in [4.78, 5) is 10.7. The Balaban J connectivity index is 1.80. The Morgan fingerprint density at radius 1 is 1.29 bits per heavy atom. The lowest BCUT2D eigenvalue weighted by Crippen LogP contribution is -2.43. The summed E-state index contributed by atoms with van der Waals surface area (Å²) in [6.45, 7) is 8.25. The molecule has 2 atom stereocenters. The summed E-state index contributed by atoms with van der Waals surface area (Å²) >= 11 is 0. The Morgan fingerprint density at radius 3 is 2.76 bits per heavy atom. The van der Waals surface area contributed by atoms with Crippen molar-refractivity contribution in [2.75, 3.05) is 6.61 Å². The molecular weight excluding hydrogens is 262 g/mol. The molecule has 0 amide bonds. The molecule has 1 saturated heterocycles. The molecule has 0 spiro atoms. The van der Waals surface area contributed by atoms with Crippen LogP contribution < -0.4 is 4.74 Å². The highest BCUT2D eigenvalue weighted by molar-refractivity contribution is 5.76. The molecule has 1 aliphatic rings. The van der Waals surface area contributed by atoms with E-state index in [1.807, 2.05) is 25.1 Å². The Kier molecular flexibility index (Phi) is 4.15. The van der Waals surface area contributed by atoms with Gasteiger partial charge >= 0.3 is 0 Å². The maximum absolute atomic E-state index is 5.55. The van der Waals surface area contributed by atoms with Crippen molar-refractivity contribution in [1.29, 1.82) is 0 Å². The second-order valence-electron chi connectivity index (χ2n) is 6.10. The van der Waals surface area contributed by atoms with Gasteiger partial charge < -0.3 is 9.72 Å². The maximum atomic E-state index is 5.55. The molecule has 0 bridgehead atoms. The number of nitrogens with one attached hydrogen (secondary N) is 1. The van der Waals surface area contributed by atoms with E-state index >= 15 is 0 Å². The van der Waals surface area contributed by atoms with Gasteiger partial charge in [-0.1, -0.05) is 6.42 Å². The van der Waals surface area contributed by atoms with E-state index in [4.69, 9.17) is 9.72 Å². The molecule has 1 aromatic heterocycles. The normalized spacial score (nSPS) is 23.6. The summed E-state index contributed by atoms with van der Waals surface area (Å²) in [6, 6.07) is 7.34. The summed E-state index contributed by atoms with van der Waals surface area (Å²) in [5.74, 6) is 1.96. The predicted octanol–water partition coefficient (Wildman–Crippen LogP) is 3.72. The smallest absolute Gasteiger partial charge is 0.121 e. The number of aromatic amines is 1. The van der Waals surface area contributed by atoms with Crippen LogP contribution in [0.3, 0.4) is 0 Å².